The van der Waals surface area contributed by atoms with Gasteiger partial charge >= 0.3 is 0 Å². The number of hydrogen-bond donors (Lipinski definition) is 1. The number of carbonyl (C=O) groups is 1. The Kier molecular flexibility index (Phi) is 5.39. The molecule has 1 aromatic heterocycles. The van der Waals surface area contributed by atoms with Gasteiger partial charge in [-0.1, -0.05) is 17.8 Å². The highest BCUT2D eigenvalue weighted by atomic mass is 32.2. The molecule has 25 heavy (non-hydrogen) atoms. The van der Waals surface area contributed by atoms with Gasteiger partial charge in [-0.25, -0.2) is 13.8 Å². The molecule has 0 bridgehead atoms. The minimum absolute atomic E-state index is 0.0758. The summed E-state index contributed by atoms with van der Waals surface area (Å²) in [5, 5.41) is 6.94. The van der Waals surface area contributed by atoms with Crippen molar-refractivity contribution in [3.05, 3.63) is 71.6 Å². The molecule has 0 spiro atoms. The molecule has 3 rings (SSSR count). The Bertz CT molecular complexity index is 835. The first kappa shape index (κ1) is 17.1. The summed E-state index contributed by atoms with van der Waals surface area (Å²) in [6.45, 7) is -0.229. The number of nitrogens with one attached hydrogen (secondary N) is 1. The summed E-state index contributed by atoms with van der Waals surface area (Å²) in [7, 11) is 0. The summed E-state index contributed by atoms with van der Waals surface area (Å²) in [6.07, 6.45) is 1.37. The van der Waals surface area contributed by atoms with Crippen LogP contribution in [0.4, 0.5) is 8.78 Å². The van der Waals surface area contributed by atoms with Crippen LogP contribution in [0.3, 0.4) is 0 Å². The van der Waals surface area contributed by atoms with Crippen LogP contribution in [-0.4, -0.2) is 26.7 Å². The fourth-order valence-corrected chi connectivity index (χ4v) is 2.72. The highest BCUT2D eigenvalue weighted by molar-refractivity contribution is 7.99. The van der Waals surface area contributed by atoms with E-state index >= 15 is 0 Å². The van der Waals surface area contributed by atoms with Gasteiger partial charge in [0.05, 0.1) is 11.3 Å². The molecule has 0 unspecified atom stereocenters. The number of rotatable bonds is 7. The van der Waals surface area contributed by atoms with Crippen LogP contribution in [0.2, 0.25) is 0 Å². The number of aromatic amines is 1. The van der Waals surface area contributed by atoms with E-state index in [1.165, 1.54) is 36.3 Å². The molecule has 8 heteroatoms. The summed E-state index contributed by atoms with van der Waals surface area (Å²) in [6, 6.07) is 10.0. The first-order valence-electron chi connectivity index (χ1n) is 7.30. The van der Waals surface area contributed by atoms with Gasteiger partial charge in [-0.2, -0.15) is 5.10 Å². The molecule has 0 saturated heterocycles. The third kappa shape index (κ3) is 4.42. The van der Waals surface area contributed by atoms with Crippen LogP contribution in [0.5, 0.6) is 5.75 Å². The number of ketones is 1. The summed E-state index contributed by atoms with van der Waals surface area (Å²) >= 11 is 1.25. The highest BCUT2D eigenvalue weighted by Crippen LogP contribution is 2.19. The van der Waals surface area contributed by atoms with Crippen LogP contribution in [0.25, 0.3) is 0 Å². The number of ether oxygens (including phenoxy) is 1. The van der Waals surface area contributed by atoms with Crippen molar-refractivity contribution in [3.63, 3.8) is 0 Å². The van der Waals surface area contributed by atoms with Gasteiger partial charge < -0.3 is 4.74 Å². The number of nitrogens with zero attached hydrogens (tertiary/aromatic N) is 2. The van der Waals surface area contributed by atoms with Crippen LogP contribution < -0.4 is 4.74 Å². The Labute approximate surface area is 146 Å². The molecule has 0 fully saturated rings. The van der Waals surface area contributed by atoms with Gasteiger partial charge in [-0.05, 0) is 36.4 Å². The molecule has 0 atom stereocenters. The maximum atomic E-state index is 13.5. The standard InChI is InChI=1S/C17H13F2N3O2S/c18-14-2-1-3-15(19)13(14)8-24-12-6-4-11(5-7-12)16(23)9-25-17-20-10-21-22-17/h1-7,10H,8-9H2,(H,20,21,22). The van der Waals surface area contributed by atoms with Crippen LogP contribution in [0.15, 0.2) is 53.9 Å². The van der Waals surface area contributed by atoms with Gasteiger partial charge in [-0.3, -0.25) is 9.89 Å². The van der Waals surface area contributed by atoms with Gasteiger partial charge in [0.1, 0.15) is 30.3 Å². The topological polar surface area (TPSA) is 67.9 Å². The summed E-state index contributed by atoms with van der Waals surface area (Å²) in [4.78, 5) is 16.0. The quantitative estimate of drug-likeness (QED) is 0.514. The lowest BCUT2D eigenvalue weighted by Gasteiger charge is -2.08. The van der Waals surface area contributed by atoms with E-state index in [0.29, 0.717) is 16.5 Å². The predicted molar refractivity (Wildman–Crippen MR) is 88.6 cm³/mol. The molecule has 0 aliphatic carbocycles. The first-order valence-corrected chi connectivity index (χ1v) is 8.29. The summed E-state index contributed by atoms with van der Waals surface area (Å²) < 4.78 is 32.5. The van der Waals surface area contributed by atoms with E-state index in [9.17, 15) is 13.6 Å². The van der Waals surface area contributed by atoms with Crippen LogP contribution in [0, 0.1) is 11.6 Å². The molecule has 0 radical (unpaired) electrons. The van der Waals surface area contributed by atoms with Crippen molar-refractivity contribution < 1.29 is 18.3 Å². The Hall–Kier alpha value is -2.74. The molecule has 3 aromatic rings. The molecular weight excluding hydrogens is 348 g/mol. The fraction of sp³-hybridized carbons (Fsp3) is 0.118. The molecule has 0 aliphatic heterocycles. The zero-order valence-corrected chi connectivity index (χ0v) is 13.7. The molecule has 0 saturated carbocycles. The Morgan fingerprint density at radius 2 is 1.84 bits per heavy atom. The smallest absolute Gasteiger partial charge is 0.183 e. The van der Waals surface area contributed by atoms with E-state index in [1.54, 1.807) is 24.3 Å². The van der Waals surface area contributed by atoms with E-state index in [2.05, 4.69) is 15.2 Å². The number of Topliss-reactive ketones (excluding diaryl/α,β-unsaturated/α-hetero) is 1. The lowest BCUT2D eigenvalue weighted by atomic mass is 10.1. The van der Waals surface area contributed by atoms with E-state index in [4.69, 9.17) is 4.74 Å². The molecule has 1 heterocycles. The number of aromatic nitrogens is 3. The van der Waals surface area contributed by atoms with Gasteiger partial charge in [0.25, 0.3) is 0 Å². The molecule has 5 nitrogen and oxygen atoms in total. The zero-order valence-electron chi connectivity index (χ0n) is 12.9. The number of carbonyl (C=O) groups excluding carboxylic acids is 1. The Balaban J connectivity index is 1.57. The normalized spacial score (nSPS) is 10.6. The second-order valence-electron chi connectivity index (χ2n) is 5.02. The third-order valence-corrected chi connectivity index (χ3v) is 4.23. The molecule has 128 valence electrons. The number of thioether (sulfide) groups is 1. The van der Waals surface area contributed by atoms with Crippen LogP contribution >= 0.6 is 11.8 Å². The van der Waals surface area contributed by atoms with E-state index in [1.807, 2.05) is 0 Å². The fourth-order valence-electron chi connectivity index (χ4n) is 2.04. The number of H-pyrrole nitrogens is 1. The van der Waals surface area contributed by atoms with Crippen molar-refractivity contribution in [3.8, 4) is 5.75 Å². The number of halogens is 2. The van der Waals surface area contributed by atoms with E-state index in [-0.39, 0.29) is 23.7 Å². The predicted octanol–water partition coefficient (Wildman–Crippen LogP) is 3.64. The van der Waals surface area contributed by atoms with Crippen molar-refractivity contribution in [1.82, 2.24) is 15.2 Å². The molecule has 1 N–H and O–H groups in total. The van der Waals surface area contributed by atoms with Crippen molar-refractivity contribution in [2.45, 2.75) is 11.8 Å². The minimum Gasteiger partial charge on any atom is -0.489 e. The highest BCUT2D eigenvalue weighted by Gasteiger charge is 2.10. The Morgan fingerprint density at radius 3 is 2.48 bits per heavy atom. The maximum Gasteiger partial charge on any atom is 0.183 e. The summed E-state index contributed by atoms with van der Waals surface area (Å²) in [5.74, 6) is -0.752. The van der Waals surface area contributed by atoms with Crippen LogP contribution in [-0.2, 0) is 6.61 Å². The van der Waals surface area contributed by atoms with E-state index < -0.39 is 11.6 Å². The average Bonchev–Trinajstić information content (AvgIpc) is 3.13. The lowest BCUT2D eigenvalue weighted by molar-refractivity contribution is 0.102. The third-order valence-electron chi connectivity index (χ3n) is 3.35. The van der Waals surface area contributed by atoms with Crippen molar-refractivity contribution >= 4 is 17.5 Å². The second-order valence-corrected chi connectivity index (χ2v) is 5.98. The van der Waals surface area contributed by atoms with Crippen molar-refractivity contribution in [2.24, 2.45) is 0 Å². The largest absolute Gasteiger partial charge is 0.489 e. The molecule has 0 aliphatic rings. The van der Waals surface area contributed by atoms with Gasteiger partial charge in [0.2, 0.25) is 0 Å². The first-order chi connectivity index (χ1) is 12.1. The minimum atomic E-state index is -0.656. The average molecular weight is 361 g/mol. The van der Waals surface area contributed by atoms with Gasteiger partial charge in [-0.15, -0.1) is 0 Å². The SMILES string of the molecule is O=C(CSc1ncn[nH]1)c1ccc(OCc2c(F)cccc2F)cc1. The molecular formula is C17H13F2N3O2S. The Morgan fingerprint density at radius 1 is 1.12 bits per heavy atom. The number of hydrogen-bond acceptors (Lipinski definition) is 5. The number of benzene rings is 2. The monoisotopic (exact) mass is 361 g/mol. The maximum absolute atomic E-state index is 13.5. The van der Waals surface area contributed by atoms with Crippen molar-refractivity contribution in [1.29, 1.82) is 0 Å². The zero-order chi connectivity index (χ0) is 17.6. The summed E-state index contributed by atoms with van der Waals surface area (Å²) in [5.41, 5.74) is 0.377. The van der Waals surface area contributed by atoms with Gasteiger partial charge in [0.15, 0.2) is 10.9 Å². The molecule has 0 amide bonds. The van der Waals surface area contributed by atoms with E-state index in [0.717, 1.165) is 0 Å². The molecule has 2 aromatic carbocycles. The lowest BCUT2D eigenvalue weighted by Crippen LogP contribution is -2.04. The van der Waals surface area contributed by atoms with Gasteiger partial charge in [0, 0.05) is 5.56 Å². The van der Waals surface area contributed by atoms with Crippen LogP contribution in [0.1, 0.15) is 15.9 Å². The van der Waals surface area contributed by atoms with Crippen molar-refractivity contribution in [2.75, 3.05) is 5.75 Å². The second kappa shape index (κ2) is 7.89.